The molecule has 2 aromatic rings. The lowest BCUT2D eigenvalue weighted by Crippen LogP contribution is -2.35. The highest BCUT2D eigenvalue weighted by molar-refractivity contribution is 5.73. The second-order valence-corrected chi connectivity index (χ2v) is 13.3. The fourth-order valence-electron chi connectivity index (χ4n) is 6.19. The summed E-state index contributed by atoms with van der Waals surface area (Å²) < 4.78 is 21.9. The molecule has 47 heavy (non-hydrogen) atoms. The maximum atomic E-state index is 12.5. The maximum Gasteiger partial charge on any atom is 0.513 e. The molecule has 3 rings (SSSR count). The minimum Gasteiger partial charge on any atom is -0.462 e. The number of allylic oxidation sites excluding steroid dienone is 1. The average molecular weight is 649 g/mol. The predicted molar refractivity (Wildman–Crippen MR) is 186 cm³/mol. The summed E-state index contributed by atoms with van der Waals surface area (Å²) in [7, 11) is 0. The molecule has 0 heterocycles. The van der Waals surface area contributed by atoms with Gasteiger partial charge in [0.1, 0.15) is 17.6 Å². The van der Waals surface area contributed by atoms with Gasteiger partial charge in [0.05, 0.1) is 6.61 Å². The molecule has 7 nitrogen and oxygen atoms in total. The number of benzene rings is 2. The molecule has 0 radical (unpaired) electrons. The van der Waals surface area contributed by atoms with Crippen molar-refractivity contribution in [3.8, 4) is 22.6 Å². The van der Waals surface area contributed by atoms with Crippen molar-refractivity contribution in [2.75, 3.05) is 6.61 Å². The van der Waals surface area contributed by atoms with E-state index >= 15 is 0 Å². The molecule has 1 aliphatic rings. The van der Waals surface area contributed by atoms with Gasteiger partial charge in [0, 0.05) is 12.8 Å². The smallest absolute Gasteiger partial charge is 0.462 e. The molecule has 0 spiro atoms. The minimum atomic E-state index is -0.692. The number of carbonyl (C=O) groups excluding carboxylic acids is 3. The lowest BCUT2D eigenvalue weighted by atomic mass is 9.75. The van der Waals surface area contributed by atoms with Crippen LogP contribution in [0.2, 0.25) is 0 Å². The van der Waals surface area contributed by atoms with Crippen molar-refractivity contribution in [2.24, 2.45) is 17.8 Å². The van der Waals surface area contributed by atoms with Crippen LogP contribution in [0.15, 0.2) is 61.2 Å². The number of ether oxygens (including phenoxy) is 4. The first-order valence-corrected chi connectivity index (χ1v) is 17.8. The van der Waals surface area contributed by atoms with Crippen molar-refractivity contribution in [1.29, 1.82) is 0 Å². The molecule has 3 unspecified atom stereocenters. The Morgan fingerprint density at radius 3 is 1.89 bits per heavy atom. The number of esters is 2. The van der Waals surface area contributed by atoms with Gasteiger partial charge < -0.3 is 18.9 Å². The zero-order chi connectivity index (χ0) is 33.9. The molecule has 1 aliphatic carbocycles. The lowest BCUT2D eigenvalue weighted by Gasteiger charge is -2.36. The highest BCUT2D eigenvalue weighted by atomic mass is 16.7. The summed E-state index contributed by atoms with van der Waals surface area (Å²) >= 11 is 0. The zero-order valence-electron chi connectivity index (χ0n) is 28.9. The Labute approximate surface area is 282 Å². The van der Waals surface area contributed by atoms with E-state index in [-0.39, 0.29) is 24.5 Å². The molecule has 0 aliphatic heterocycles. The average Bonchev–Trinajstić information content (AvgIpc) is 3.04. The summed E-state index contributed by atoms with van der Waals surface area (Å²) in [4.78, 5) is 36.9. The van der Waals surface area contributed by atoms with Gasteiger partial charge in [0.2, 0.25) is 0 Å². The van der Waals surface area contributed by atoms with Crippen LogP contribution in [0, 0.1) is 17.8 Å². The van der Waals surface area contributed by atoms with Crippen LogP contribution in [-0.4, -0.2) is 30.8 Å². The van der Waals surface area contributed by atoms with E-state index in [1.54, 1.807) is 24.3 Å². The van der Waals surface area contributed by atoms with Crippen LogP contribution in [0.1, 0.15) is 117 Å². The van der Waals surface area contributed by atoms with E-state index in [0.717, 1.165) is 49.7 Å². The topological polar surface area (TPSA) is 88.1 Å². The van der Waals surface area contributed by atoms with Gasteiger partial charge in [0.15, 0.2) is 0 Å². The van der Waals surface area contributed by atoms with Crippen molar-refractivity contribution in [1.82, 2.24) is 0 Å². The van der Waals surface area contributed by atoms with Crippen LogP contribution in [0.4, 0.5) is 4.79 Å². The molecule has 258 valence electrons. The molecule has 1 fully saturated rings. The molecule has 3 atom stereocenters. The van der Waals surface area contributed by atoms with Crippen LogP contribution in [0.3, 0.4) is 0 Å². The van der Waals surface area contributed by atoms with Crippen LogP contribution in [0.5, 0.6) is 11.5 Å². The standard InChI is InChI=1S/C40H56O7/c1-5-6-7-8-9-10-11-12-15-28-44-40(43)46-35-25-21-33(22-26-35)32-19-23-34(24-20-32)45-38(41)16-13-14-17-39(42)47-37-29-31(4)18-27-36(37)30(2)3/h5,19-26,30-31,36-37H,1,6-18,27-29H2,2-4H3. The fraction of sp³-hybridized carbons (Fsp3) is 0.575. The number of hydrogen-bond acceptors (Lipinski definition) is 7. The third-order valence-electron chi connectivity index (χ3n) is 9.00. The summed E-state index contributed by atoms with van der Waals surface area (Å²) in [5, 5.41) is 0. The largest absolute Gasteiger partial charge is 0.513 e. The molecular weight excluding hydrogens is 592 g/mol. The van der Waals surface area contributed by atoms with Gasteiger partial charge in [-0.25, -0.2) is 4.79 Å². The monoisotopic (exact) mass is 648 g/mol. The summed E-state index contributed by atoms with van der Waals surface area (Å²) in [5.41, 5.74) is 1.87. The number of hydrogen-bond donors (Lipinski definition) is 0. The molecule has 2 aromatic carbocycles. The van der Waals surface area contributed by atoms with Gasteiger partial charge in [0.25, 0.3) is 0 Å². The Bertz CT molecular complexity index is 1220. The lowest BCUT2D eigenvalue weighted by molar-refractivity contribution is -0.156. The molecule has 1 saturated carbocycles. The highest BCUT2D eigenvalue weighted by Crippen LogP contribution is 2.35. The van der Waals surface area contributed by atoms with E-state index in [1.165, 1.54) is 32.1 Å². The van der Waals surface area contributed by atoms with Crippen LogP contribution in [-0.2, 0) is 19.1 Å². The Morgan fingerprint density at radius 1 is 0.745 bits per heavy atom. The van der Waals surface area contributed by atoms with Crippen LogP contribution < -0.4 is 9.47 Å². The first-order chi connectivity index (χ1) is 22.7. The van der Waals surface area contributed by atoms with Gasteiger partial charge in [-0.2, -0.15) is 0 Å². The molecule has 0 N–H and O–H groups in total. The number of rotatable bonds is 20. The molecule has 0 amide bonds. The summed E-state index contributed by atoms with van der Waals surface area (Å²) in [6, 6.07) is 14.4. The second kappa shape index (κ2) is 21.3. The fourth-order valence-corrected chi connectivity index (χ4v) is 6.19. The van der Waals surface area contributed by atoms with E-state index in [0.29, 0.717) is 55.1 Å². The summed E-state index contributed by atoms with van der Waals surface area (Å²) in [6.45, 7) is 10.7. The second-order valence-electron chi connectivity index (χ2n) is 13.3. The van der Waals surface area contributed by atoms with Gasteiger partial charge in [-0.05, 0) is 98.1 Å². The minimum absolute atomic E-state index is 0.00611. The quantitative estimate of drug-likeness (QED) is 0.0464. The van der Waals surface area contributed by atoms with Gasteiger partial charge in [-0.15, -0.1) is 6.58 Å². The van der Waals surface area contributed by atoms with E-state index in [2.05, 4.69) is 27.4 Å². The molecular formula is C40H56O7. The summed E-state index contributed by atoms with van der Waals surface area (Å²) in [6.07, 6.45) is 15.3. The Kier molecular flexibility index (Phi) is 17.2. The van der Waals surface area contributed by atoms with E-state index < -0.39 is 6.16 Å². The predicted octanol–water partition coefficient (Wildman–Crippen LogP) is 10.6. The SMILES string of the molecule is C=CCCCCCCCCCOC(=O)Oc1ccc(-c2ccc(OC(=O)CCCCC(=O)OC3CC(C)CCC3C(C)C)cc2)cc1. The maximum absolute atomic E-state index is 12.5. The van der Waals surface area contributed by atoms with Crippen LogP contribution in [0.25, 0.3) is 11.1 Å². The molecule has 0 saturated heterocycles. The Hall–Kier alpha value is -3.61. The van der Waals surface area contributed by atoms with E-state index in [1.807, 2.05) is 30.3 Å². The van der Waals surface area contributed by atoms with Gasteiger partial charge in [-0.1, -0.05) is 89.6 Å². The van der Waals surface area contributed by atoms with Crippen LogP contribution >= 0.6 is 0 Å². The van der Waals surface area contributed by atoms with E-state index in [4.69, 9.17) is 18.9 Å². The van der Waals surface area contributed by atoms with Gasteiger partial charge in [-0.3, -0.25) is 9.59 Å². The first kappa shape index (κ1) is 37.8. The number of carbonyl (C=O) groups is 3. The molecule has 0 bridgehead atoms. The van der Waals surface area contributed by atoms with Crippen molar-refractivity contribution in [2.45, 2.75) is 123 Å². The van der Waals surface area contributed by atoms with Crippen molar-refractivity contribution in [3.05, 3.63) is 61.2 Å². The molecule has 7 heteroatoms. The van der Waals surface area contributed by atoms with Gasteiger partial charge >= 0.3 is 18.1 Å². The molecule has 0 aromatic heterocycles. The van der Waals surface area contributed by atoms with E-state index in [9.17, 15) is 14.4 Å². The Morgan fingerprint density at radius 2 is 1.30 bits per heavy atom. The first-order valence-electron chi connectivity index (χ1n) is 17.8. The normalized spacial score (nSPS) is 17.6. The zero-order valence-corrected chi connectivity index (χ0v) is 28.9. The highest BCUT2D eigenvalue weighted by Gasteiger charge is 2.33. The van der Waals surface area contributed by atoms with Crippen molar-refractivity contribution in [3.63, 3.8) is 0 Å². The third-order valence-corrected chi connectivity index (χ3v) is 9.00. The number of unbranched alkanes of at least 4 members (excludes halogenated alkanes) is 8. The van der Waals surface area contributed by atoms with Crippen molar-refractivity contribution >= 4 is 18.1 Å². The Balaban J connectivity index is 1.29. The third kappa shape index (κ3) is 14.8. The summed E-state index contributed by atoms with van der Waals surface area (Å²) in [5.74, 6) is 1.91. The van der Waals surface area contributed by atoms with Crippen molar-refractivity contribution < 1.29 is 33.3 Å².